The van der Waals surface area contributed by atoms with E-state index < -0.39 is 12.0 Å². The molecule has 37 heavy (non-hydrogen) atoms. The first-order chi connectivity index (χ1) is 17.8. The predicted molar refractivity (Wildman–Crippen MR) is 142 cm³/mol. The largest absolute Gasteiger partial charge is 0.493 e. The average Bonchev–Trinajstić information content (AvgIpc) is 3.17. The van der Waals surface area contributed by atoms with Crippen LogP contribution in [0.1, 0.15) is 44.9 Å². The Morgan fingerprint density at radius 1 is 1.11 bits per heavy atom. The van der Waals surface area contributed by atoms with E-state index in [1.807, 2.05) is 44.2 Å². The molecule has 0 saturated carbocycles. The molecule has 0 radical (unpaired) electrons. The van der Waals surface area contributed by atoms with Crippen LogP contribution in [0.3, 0.4) is 0 Å². The van der Waals surface area contributed by atoms with Gasteiger partial charge in [0.15, 0.2) is 16.3 Å². The molecule has 2 aromatic carbocycles. The summed E-state index contributed by atoms with van der Waals surface area (Å²) in [6.45, 7) is 7.64. The minimum atomic E-state index is -0.684. The van der Waals surface area contributed by atoms with Crippen LogP contribution in [0.25, 0.3) is 6.08 Å². The molecule has 0 N–H and O–H groups in total. The number of nitrogens with zero attached hydrogens (tertiary/aromatic N) is 2. The van der Waals surface area contributed by atoms with Crippen LogP contribution in [-0.4, -0.2) is 37.5 Å². The summed E-state index contributed by atoms with van der Waals surface area (Å²) < 4.78 is 23.9. The molecule has 0 unspecified atom stereocenters. The number of methoxy groups -OCH3 is 2. The number of hydrogen-bond donors (Lipinski definition) is 0. The van der Waals surface area contributed by atoms with Crippen molar-refractivity contribution in [2.75, 3.05) is 20.8 Å². The molecular weight excluding hydrogens is 492 g/mol. The lowest BCUT2D eigenvalue weighted by Gasteiger charge is -2.25. The van der Waals surface area contributed by atoms with Gasteiger partial charge in [-0.2, -0.15) is 0 Å². The Kier molecular flexibility index (Phi) is 7.83. The van der Waals surface area contributed by atoms with Crippen molar-refractivity contribution in [3.05, 3.63) is 84.5 Å². The second kappa shape index (κ2) is 11.0. The summed E-state index contributed by atoms with van der Waals surface area (Å²) in [7, 11) is 3.13. The number of carbonyl (C=O) groups is 1. The van der Waals surface area contributed by atoms with Crippen LogP contribution >= 0.6 is 11.3 Å². The quantitative estimate of drug-likeness (QED) is 0.420. The monoisotopic (exact) mass is 522 g/mol. The van der Waals surface area contributed by atoms with Gasteiger partial charge in [0.1, 0.15) is 5.75 Å². The third-order valence-corrected chi connectivity index (χ3v) is 6.77. The van der Waals surface area contributed by atoms with E-state index in [0.717, 1.165) is 11.1 Å². The molecule has 0 aliphatic carbocycles. The van der Waals surface area contributed by atoms with Gasteiger partial charge in [-0.15, -0.1) is 0 Å². The molecule has 194 valence electrons. The van der Waals surface area contributed by atoms with Gasteiger partial charge in [-0.3, -0.25) is 9.36 Å². The van der Waals surface area contributed by atoms with Gasteiger partial charge in [0, 0.05) is 0 Å². The molecule has 1 aliphatic heterocycles. The number of carbonyl (C=O) groups excluding carboxylic acids is 1. The van der Waals surface area contributed by atoms with Crippen LogP contribution in [0, 0.1) is 0 Å². The Bertz CT molecular complexity index is 1520. The zero-order valence-corrected chi connectivity index (χ0v) is 22.5. The highest BCUT2D eigenvalue weighted by Gasteiger charge is 2.33. The normalized spacial score (nSPS) is 15.3. The highest BCUT2D eigenvalue weighted by molar-refractivity contribution is 7.07. The molecule has 0 fully saturated rings. The molecule has 1 atom stereocenters. The summed E-state index contributed by atoms with van der Waals surface area (Å²) in [6.07, 6.45) is 1.81. The lowest BCUT2D eigenvalue weighted by molar-refractivity contribution is -0.139. The average molecular weight is 523 g/mol. The van der Waals surface area contributed by atoms with Crippen LogP contribution in [0.5, 0.6) is 17.2 Å². The SMILES string of the molecule is CCOC(=O)C1=C(C)N=c2s/c(=C\c3ccc(OC)c(OC)c3)c(=O)n2[C@@H]1c1ccc(OC(C)C)cc1. The van der Waals surface area contributed by atoms with Crippen molar-refractivity contribution in [2.45, 2.75) is 39.8 Å². The lowest BCUT2D eigenvalue weighted by atomic mass is 9.96. The number of thiazole rings is 1. The summed E-state index contributed by atoms with van der Waals surface area (Å²) in [5.41, 5.74) is 2.14. The number of rotatable bonds is 8. The van der Waals surface area contributed by atoms with Crippen LogP contribution in [0.2, 0.25) is 0 Å². The second-order valence-corrected chi connectivity index (χ2v) is 9.66. The maximum atomic E-state index is 13.8. The zero-order valence-electron chi connectivity index (χ0n) is 21.7. The Balaban J connectivity index is 1.88. The minimum absolute atomic E-state index is 0.0253. The van der Waals surface area contributed by atoms with Crippen LogP contribution in [0.15, 0.2) is 63.5 Å². The Morgan fingerprint density at radius 3 is 2.43 bits per heavy atom. The summed E-state index contributed by atoms with van der Waals surface area (Å²) >= 11 is 1.27. The number of esters is 1. The van der Waals surface area contributed by atoms with Gasteiger partial charge >= 0.3 is 5.97 Å². The summed E-state index contributed by atoms with van der Waals surface area (Å²) in [6, 6.07) is 12.2. The number of ether oxygens (including phenoxy) is 4. The number of benzene rings is 2. The summed E-state index contributed by atoms with van der Waals surface area (Å²) in [4.78, 5) is 31.9. The highest BCUT2D eigenvalue weighted by Crippen LogP contribution is 2.32. The van der Waals surface area contributed by atoms with Gasteiger partial charge in [0.2, 0.25) is 0 Å². The maximum Gasteiger partial charge on any atom is 0.338 e. The molecule has 0 spiro atoms. The van der Waals surface area contributed by atoms with Crippen LogP contribution in [0.4, 0.5) is 0 Å². The van der Waals surface area contributed by atoms with Crippen molar-refractivity contribution in [1.29, 1.82) is 0 Å². The molecule has 1 aromatic heterocycles. The Morgan fingerprint density at radius 2 is 1.81 bits per heavy atom. The van der Waals surface area contributed by atoms with E-state index in [0.29, 0.717) is 37.9 Å². The van der Waals surface area contributed by atoms with Crippen molar-refractivity contribution in [3.63, 3.8) is 0 Å². The minimum Gasteiger partial charge on any atom is -0.493 e. The molecule has 9 heteroatoms. The fourth-order valence-electron chi connectivity index (χ4n) is 4.20. The maximum absolute atomic E-state index is 13.8. The van der Waals surface area contributed by atoms with Gasteiger partial charge in [-0.05, 0) is 69.2 Å². The van der Waals surface area contributed by atoms with Crippen molar-refractivity contribution in [1.82, 2.24) is 4.57 Å². The third-order valence-electron chi connectivity index (χ3n) is 5.79. The lowest BCUT2D eigenvalue weighted by Crippen LogP contribution is -2.39. The zero-order chi connectivity index (χ0) is 26.7. The summed E-state index contributed by atoms with van der Waals surface area (Å²) in [5.74, 6) is 1.37. The molecule has 0 bridgehead atoms. The topological polar surface area (TPSA) is 88.4 Å². The third kappa shape index (κ3) is 5.32. The van der Waals surface area contributed by atoms with Crippen molar-refractivity contribution >= 4 is 23.4 Å². The molecule has 1 aliphatic rings. The van der Waals surface area contributed by atoms with Crippen molar-refractivity contribution in [3.8, 4) is 17.2 Å². The number of fused-ring (bicyclic) bond motifs is 1. The first kappa shape index (κ1) is 26.2. The van der Waals surface area contributed by atoms with Gasteiger partial charge in [0.05, 0.1) is 48.8 Å². The predicted octanol–water partition coefficient (Wildman–Crippen LogP) is 3.60. The van der Waals surface area contributed by atoms with E-state index in [2.05, 4.69) is 4.99 Å². The summed E-state index contributed by atoms with van der Waals surface area (Å²) in [5, 5.41) is 0. The highest BCUT2D eigenvalue weighted by atomic mass is 32.1. The van der Waals surface area contributed by atoms with E-state index in [4.69, 9.17) is 18.9 Å². The first-order valence-electron chi connectivity index (χ1n) is 12.0. The van der Waals surface area contributed by atoms with Gasteiger partial charge in [-0.1, -0.05) is 29.5 Å². The van der Waals surface area contributed by atoms with Gasteiger partial charge < -0.3 is 18.9 Å². The number of allylic oxidation sites excluding steroid dienone is 1. The Hall–Kier alpha value is -3.85. The van der Waals surface area contributed by atoms with E-state index >= 15 is 0 Å². The second-order valence-electron chi connectivity index (χ2n) is 8.65. The molecule has 2 heterocycles. The molecular formula is C28H30N2O6S. The van der Waals surface area contributed by atoms with Crippen molar-refractivity contribution in [2.24, 2.45) is 4.99 Å². The molecule has 3 aromatic rings. The molecule has 4 rings (SSSR count). The van der Waals surface area contributed by atoms with E-state index in [-0.39, 0.29) is 18.3 Å². The van der Waals surface area contributed by atoms with Gasteiger partial charge in [-0.25, -0.2) is 9.79 Å². The van der Waals surface area contributed by atoms with Gasteiger partial charge in [0.25, 0.3) is 5.56 Å². The fourth-order valence-corrected chi connectivity index (χ4v) is 5.25. The van der Waals surface area contributed by atoms with E-state index in [9.17, 15) is 9.59 Å². The molecule has 0 amide bonds. The van der Waals surface area contributed by atoms with E-state index in [1.54, 1.807) is 50.8 Å². The first-order valence-corrected chi connectivity index (χ1v) is 12.8. The Labute approximate surface area is 219 Å². The number of aromatic nitrogens is 1. The fraction of sp³-hybridized carbons (Fsp3) is 0.321. The number of hydrogen-bond acceptors (Lipinski definition) is 8. The van der Waals surface area contributed by atoms with Crippen LogP contribution < -0.4 is 29.1 Å². The van der Waals surface area contributed by atoms with Crippen LogP contribution in [-0.2, 0) is 9.53 Å². The molecule has 8 nitrogen and oxygen atoms in total. The molecule has 0 saturated heterocycles. The standard InChI is InChI=1S/C28H30N2O6S/c1-7-35-27(32)24-17(4)29-28-30(25(24)19-9-11-20(12-10-19)36-16(2)3)26(31)23(37-28)15-18-8-13-21(33-5)22(14-18)34-6/h8-16,25H,7H2,1-6H3/b23-15-/t25-/m1/s1. The van der Waals surface area contributed by atoms with E-state index in [1.165, 1.54) is 11.3 Å². The van der Waals surface area contributed by atoms with Crippen molar-refractivity contribution < 1.29 is 23.7 Å². The smallest absolute Gasteiger partial charge is 0.338 e.